The van der Waals surface area contributed by atoms with Crippen molar-refractivity contribution in [3.63, 3.8) is 0 Å². The van der Waals surface area contributed by atoms with Crippen LogP contribution in [0.2, 0.25) is 0 Å². The molecule has 2 atom stereocenters. The zero-order chi connectivity index (χ0) is 16.8. The van der Waals surface area contributed by atoms with Crippen LogP contribution in [0.3, 0.4) is 0 Å². The molecule has 0 bridgehead atoms. The standard InChI is InChI=1S/C19H27NO3/c1-3-20(4-2)18(22)13-14-9-5-6-10-15(14)19(23)16-11-7-8-12-17(16)21/h7-8,11-12,14-15,21H,3-6,9-10,13H2,1-2H3. The van der Waals surface area contributed by atoms with Gasteiger partial charge in [-0.15, -0.1) is 0 Å². The number of benzene rings is 1. The van der Waals surface area contributed by atoms with Gasteiger partial charge in [0.2, 0.25) is 5.91 Å². The molecule has 1 aliphatic rings. The number of para-hydroxylation sites is 1. The number of carbonyl (C=O) groups is 2. The summed E-state index contributed by atoms with van der Waals surface area (Å²) in [5, 5.41) is 9.95. The molecule has 1 aromatic carbocycles. The van der Waals surface area contributed by atoms with Gasteiger partial charge in [-0.2, -0.15) is 0 Å². The number of phenols is 1. The fraction of sp³-hybridized carbons (Fsp3) is 0.579. The molecular weight excluding hydrogens is 290 g/mol. The SMILES string of the molecule is CCN(CC)C(=O)CC1CCCCC1C(=O)c1ccccc1O. The molecule has 2 rings (SSSR count). The van der Waals surface area contributed by atoms with Gasteiger partial charge in [0.05, 0.1) is 5.56 Å². The zero-order valence-electron chi connectivity index (χ0n) is 14.1. The van der Waals surface area contributed by atoms with Crippen LogP contribution in [0.15, 0.2) is 24.3 Å². The Morgan fingerprint density at radius 1 is 1.13 bits per heavy atom. The minimum Gasteiger partial charge on any atom is -0.507 e. The highest BCUT2D eigenvalue weighted by Gasteiger charge is 2.34. The topological polar surface area (TPSA) is 57.6 Å². The Kier molecular flexibility index (Phi) is 6.20. The molecular formula is C19H27NO3. The second-order valence-electron chi connectivity index (χ2n) is 6.30. The van der Waals surface area contributed by atoms with Crippen LogP contribution in [0.25, 0.3) is 0 Å². The molecule has 0 heterocycles. The van der Waals surface area contributed by atoms with Crippen LogP contribution in [0.1, 0.15) is 56.3 Å². The van der Waals surface area contributed by atoms with Crippen LogP contribution in [-0.2, 0) is 4.79 Å². The number of nitrogens with zero attached hydrogens (tertiary/aromatic N) is 1. The Bertz CT molecular complexity index is 551. The summed E-state index contributed by atoms with van der Waals surface area (Å²) in [7, 11) is 0. The number of phenolic OH excluding ortho intramolecular Hbond substituents is 1. The number of aromatic hydroxyl groups is 1. The summed E-state index contributed by atoms with van der Waals surface area (Å²) in [5.74, 6) is 0.0922. The van der Waals surface area contributed by atoms with Gasteiger partial charge in [-0.1, -0.05) is 25.0 Å². The van der Waals surface area contributed by atoms with Gasteiger partial charge < -0.3 is 10.0 Å². The summed E-state index contributed by atoms with van der Waals surface area (Å²) in [6.45, 7) is 5.38. The number of ketones is 1. The molecule has 0 spiro atoms. The van der Waals surface area contributed by atoms with Crippen LogP contribution in [0.4, 0.5) is 0 Å². The summed E-state index contributed by atoms with van der Waals surface area (Å²) in [5.41, 5.74) is 0.389. The average Bonchev–Trinajstić information content (AvgIpc) is 2.56. The second-order valence-corrected chi connectivity index (χ2v) is 6.30. The van der Waals surface area contributed by atoms with Crippen molar-refractivity contribution in [1.29, 1.82) is 0 Å². The van der Waals surface area contributed by atoms with Crippen LogP contribution in [0.5, 0.6) is 5.75 Å². The lowest BCUT2D eigenvalue weighted by atomic mass is 9.73. The molecule has 1 aliphatic carbocycles. The largest absolute Gasteiger partial charge is 0.507 e. The number of hydrogen-bond acceptors (Lipinski definition) is 3. The lowest BCUT2D eigenvalue weighted by Crippen LogP contribution is -2.36. The Morgan fingerprint density at radius 3 is 2.43 bits per heavy atom. The van der Waals surface area contributed by atoms with E-state index in [2.05, 4.69) is 0 Å². The van der Waals surface area contributed by atoms with Gasteiger partial charge in [0.25, 0.3) is 0 Å². The maximum Gasteiger partial charge on any atom is 0.222 e. The average molecular weight is 317 g/mol. The van der Waals surface area contributed by atoms with Crippen molar-refractivity contribution in [3.05, 3.63) is 29.8 Å². The van der Waals surface area contributed by atoms with Crippen molar-refractivity contribution in [1.82, 2.24) is 4.90 Å². The highest BCUT2D eigenvalue weighted by atomic mass is 16.3. The first-order valence-corrected chi connectivity index (χ1v) is 8.68. The van der Waals surface area contributed by atoms with Gasteiger partial charge in [-0.3, -0.25) is 9.59 Å². The Labute approximate surface area is 138 Å². The smallest absolute Gasteiger partial charge is 0.222 e. The van der Waals surface area contributed by atoms with Gasteiger partial charge in [0.1, 0.15) is 5.75 Å². The van der Waals surface area contributed by atoms with E-state index < -0.39 is 0 Å². The van der Waals surface area contributed by atoms with Crippen molar-refractivity contribution in [2.75, 3.05) is 13.1 Å². The lowest BCUT2D eigenvalue weighted by Gasteiger charge is -2.32. The first-order valence-electron chi connectivity index (χ1n) is 8.68. The molecule has 4 heteroatoms. The molecule has 1 N–H and O–H groups in total. The minimum atomic E-state index is -0.156. The van der Waals surface area contributed by atoms with E-state index in [1.165, 1.54) is 0 Å². The van der Waals surface area contributed by atoms with Crippen molar-refractivity contribution in [2.24, 2.45) is 11.8 Å². The molecule has 1 amide bonds. The van der Waals surface area contributed by atoms with Crippen molar-refractivity contribution in [3.8, 4) is 5.75 Å². The van der Waals surface area contributed by atoms with Crippen LogP contribution in [-0.4, -0.2) is 34.8 Å². The molecule has 1 aromatic rings. The molecule has 2 unspecified atom stereocenters. The van der Waals surface area contributed by atoms with Gasteiger partial charge in [-0.05, 0) is 44.7 Å². The minimum absolute atomic E-state index is 0.0138. The number of amides is 1. The third kappa shape index (κ3) is 4.12. The second kappa shape index (κ2) is 8.14. The predicted molar refractivity (Wildman–Crippen MR) is 90.4 cm³/mol. The van der Waals surface area contributed by atoms with E-state index in [0.717, 1.165) is 25.7 Å². The molecule has 0 radical (unpaired) electrons. The van der Waals surface area contributed by atoms with Gasteiger partial charge in [0.15, 0.2) is 5.78 Å². The van der Waals surface area contributed by atoms with E-state index in [1.807, 2.05) is 18.7 Å². The first kappa shape index (κ1) is 17.5. The lowest BCUT2D eigenvalue weighted by molar-refractivity contribution is -0.132. The molecule has 0 aromatic heterocycles. The summed E-state index contributed by atoms with van der Waals surface area (Å²) in [6.07, 6.45) is 4.24. The molecule has 1 saturated carbocycles. The fourth-order valence-corrected chi connectivity index (χ4v) is 3.61. The molecule has 0 saturated heterocycles. The van der Waals surface area contributed by atoms with Gasteiger partial charge in [-0.25, -0.2) is 0 Å². The Morgan fingerprint density at radius 2 is 1.78 bits per heavy atom. The first-order chi connectivity index (χ1) is 11.1. The van der Waals surface area contributed by atoms with Gasteiger partial charge in [0, 0.05) is 25.4 Å². The molecule has 126 valence electrons. The normalized spacial score (nSPS) is 21.0. The summed E-state index contributed by atoms with van der Waals surface area (Å²) < 4.78 is 0. The maximum absolute atomic E-state index is 12.8. The van der Waals surface area contributed by atoms with E-state index >= 15 is 0 Å². The van der Waals surface area contributed by atoms with Crippen LogP contribution < -0.4 is 0 Å². The summed E-state index contributed by atoms with van der Waals surface area (Å²) >= 11 is 0. The molecule has 23 heavy (non-hydrogen) atoms. The fourth-order valence-electron chi connectivity index (χ4n) is 3.61. The number of hydrogen-bond donors (Lipinski definition) is 1. The van der Waals surface area contributed by atoms with E-state index in [1.54, 1.807) is 24.3 Å². The molecule has 0 aliphatic heterocycles. The van der Waals surface area contributed by atoms with E-state index in [0.29, 0.717) is 25.1 Å². The molecule has 1 fully saturated rings. The quantitative estimate of drug-likeness (QED) is 0.815. The zero-order valence-corrected chi connectivity index (χ0v) is 14.1. The van der Waals surface area contributed by atoms with E-state index in [9.17, 15) is 14.7 Å². The number of Topliss-reactive ketones (excluding diaryl/α,β-unsaturated/α-hetero) is 1. The van der Waals surface area contributed by atoms with Crippen LogP contribution in [0, 0.1) is 11.8 Å². The summed E-state index contributed by atoms with van der Waals surface area (Å²) in [6, 6.07) is 6.71. The monoisotopic (exact) mass is 317 g/mol. The van der Waals surface area contributed by atoms with Crippen molar-refractivity contribution in [2.45, 2.75) is 46.0 Å². The predicted octanol–water partition coefficient (Wildman–Crippen LogP) is 3.64. The Balaban J connectivity index is 2.14. The van der Waals surface area contributed by atoms with Crippen LogP contribution >= 0.6 is 0 Å². The van der Waals surface area contributed by atoms with Crippen molar-refractivity contribution >= 4 is 11.7 Å². The van der Waals surface area contributed by atoms with E-state index in [4.69, 9.17) is 0 Å². The molecule has 4 nitrogen and oxygen atoms in total. The van der Waals surface area contributed by atoms with Crippen molar-refractivity contribution < 1.29 is 14.7 Å². The van der Waals surface area contributed by atoms with E-state index in [-0.39, 0.29) is 29.3 Å². The highest BCUT2D eigenvalue weighted by Crippen LogP contribution is 2.36. The third-order valence-corrected chi connectivity index (χ3v) is 4.97. The highest BCUT2D eigenvalue weighted by molar-refractivity contribution is 6.00. The third-order valence-electron chi connectivity index (χ3n) is 4.97. The summed E-state index contributed by atoms with van der Waals surface area (Å²) in [4.78, 5) is 27.1. The number of carbonyl (C=O) groups excluding carboxylic acids is 2. The Hall–Kier alpha value is -1.84. The van der Waals surface area contributed by atoms with Gasteiger partial charge >= 0.3 is 0 Å². The number of rotatable bonds is 6. The maximum atomic E-state index is 12.8.